The molecule has 4 aliphatic heterocycles. The molecule has 0 aromatic carbocycles. The first kappa shape index (κ1) is 20.7. The highest BCUT2D eigenvalue weighted by molar-refractivity contribution is 8.03. The molecule has 6 atom stereocenters. The number of carboxylic acids is 1. The number of hydrogen-bond donors (Lipinski definition) is 3. The Hall–Kier alpha value is -1.58. The van der Waals surface area contributed by atoms with E-state index in [1.165, 1.54) is 16.7 Å². The fraction of sp³-hybridized carbons (Fsp3) is 0.750. The van der Waals surface area contributed by atoms with Crippen LogP contribution >= 0.6 is 11.8 Å². The molecule has 3 fully saturated rings. The number of nitrogens with one attached hydrogen (secondary N) is 1. The molecule has 4 aliphatic rings. The summed E-state index contributed by atoms with van der Waals surface area (Å²) in [7, 11) is 0. The summed E-state index contributed by atoms with van der Waals surface area (Å²) in [5.74, 6) is -2.06. The standard InChI is InChI=1S/C20H29N3O5S/c1-5-20(6-2)21-17(25)12-7-11(8-22(12)20)29-16-9(3)14-13(10(4)24)18(26)23(14)15(16)19(27)28/h9-14,24H,5-8H2,1-4H3,(H,21,25)(H,27,28)/t9-,10?,11?,12+,13-,14-/m1/s1. The molecule has 0 radical (unpaired) electrons. The van der Waals surface area contributed by atoms with Gasteiger partial charge in [-0.3, -0.25) is 14.5 Å². The highest BCUT2D eigenvalue weighted by Gasteiger charge is 2.61. The molecule has 29 heavy (non-hydrogen) atoms. The number of nitrogens with zero attached hydrogens (tertiary/aromatic N) is 2. The van der Waals surface area contributed by atoms with E-state index in [-0.39, 0.29) is 46.4 Å². The Kier molecular flexibility index (Phi) is 4.99. The van der Waals surface area contributed by atoms with E-state index in [1.807, 2.05) is 6.92 Å². The lowest BCUT2D eigenvalue weighted by Crippen LogP contribution is -2.63. The normalized spacial score (nSPS) is 36.7. The van der Waals surface area contributed by atoms with Gasteiger partial charge in [0.05, 0.1) is 29.8 Å². The number of thioether (sulfide) groups is 1. The Morgan fingerprint density at radius 2 is 2.00 bits per heavy atom. The zero-order chi connectivity index (χ0) is 21.2. The molecule has 3 saturated heterocycles. The number of carboxylic acid groups (broad SMARTS) is 1. The summed E-state index contributed by atoms with van der Waals surface area (Å²) in [6.07, 6.45) is 1.51. The van der Waals surface area contributed by atoms with Crippen molar-refractivity contribution in [3.8, 4) is 0 Å². The lowest BCUT2D eigenvalue weighted by molar-refractivity contribution is -0.163. The molecule has 0 aromatic heterocycles. The molecule has 0 aliphatic carbocycles. The number of amides is 2. The van der Waals surface area contributed by atoms with Crippen LogP contribution in [0.5, 0.6) is 0 Å². The number of β-lactam (4-membered cyclic amide) rings is 1. The van der Waals surface area contributed by atoms with Crippen molar-refractivity contribution in [2.24, 2.45) is 11.8 Å². The first-order valence-corrected chi connectivity index (χ1v) is 11.3. The predicted molar refractivity (Wildman–Crippen MR) is 108 cm³/mol. The van der Waals surface area contributed by atoms with E-state index in [2.05, 4.69) is 24.1 Å². The number of aliphatic hydroxyl groups excluding tert-OH is 1. The third-order valence-electron chi connectivity index (χ3n) is 7.25. The smallest absolute Gasteiger partial charge is 0.353 e. The van der Waals surface area contributed by atoms with Crippen LogP contribution in [0.2, 0.25) is 0 Å². The van der Waals surface area contributed by atoms with Crippen molar-refractivity contribution in [3.05, 3.63) is 10.6 Å². The van der Waals surface area contributed by atoms with Crippen LogP contribution in [0.1, 0.15) is 47.0 Å². The first-order valence-electron chi connectivity index (χ1n) is 10.4. The minimum absolute atomic E-state index is 0.0527. The van der Waals surface area contributed by atoms with E-state index in [0.717, 1.165) is 12.8 Å². The summed E-state index contributed by atoms with van der Waals surface area (Å²) in [6, 6.07) is -0.479. The minimum atomic E-state index is -1.10. The third kappa shape index (κ3) is 2.77. The van der Waals surface area contributed by atoms with E-state index in [0.29, 0.717) is 17.9 Å². The largest absolute Gasteiger partial charge is 0.477 e. The lowest BCUT2D eigenvalue weighted by Gasteiger charge is -2.46. The molecule has 8 nitrogen and oxygen atoms in total. The van der Waals surface area contributed by atoms with Gasteiger partial charge < -0.3 is 20.4 Å². The molecule has 0 spiro atoms. The summed E-state index contributed by atoms with van der Waals surface area (Å²) in [6.45, 7) is 8.37. The number of fused-ring (bicyclic) bond motifs is 2. The van der Waals surface area contributed by atoms with E-state index in [9.17, 15) is 24.6 Å². The van der Waals surface area contributed by atoms with Gasteiger partial charge in [-0.25, -0.2) is 4.79 Å². The van der Waals surface area contributed by atoms with E-state index < -0.39 is 18.0 Å². The third-order valence-corrected chi connectivity index (χ3v) is 8.74. The van der Waals surface area contributed by atoms with Crippen molar-refractivity contribution in [3.63, 3.8) is 0 Å². The van der Waals surface area contributed by atoms with Crippen molar-refractivity contribution in [1.82, 2.24) is 15.1 Å². The summed E-state index contributed by atoms with van der Waals surface area (Å²) in [4.78, 5) is 41.3. The van der Waals surface area contributed by atoms with Crippen molar-refractivity contribution in [2.45, 2.75) is 76.1 Å². The van der Waals surface area contributed by atoms with Crippen LogP contribution in [0.25, 0.3) is 0 Å². The maximum atomic E-state index is 12.5. The van der Waals surface area contributed by atoms with Crippen molar-refractivity contribution in [2.75, 3.05) is 6.54 Å². The zero-order valence-corrected chi connectivity index (χ0v) is 18.0. The van der Waals surface area contributed by atoms with Crippen LogP contribution in [0.3, 0.4) is 0 Å². The van der Waals surface area contributed by atoms with Crippen LogP contribution in [0.4, 0.5) is 0 Å². The summed E-state index contributed by atoms with van der Waals surface area (Å²) >= 11 is 1.50. The summed E-state index contributed by atoms with van der Waals surface area (Å²) in [5.41, 5.74) is -0.263. The molecule has 4 rings (SSSR count). The number of aliphatic carboxylic acids is 1. The highest BCUT2D eigenvalue weighted by Crippen LogP contribution is 2.53. The van der Waals surface area contributed by atoms with Crippen LogP contribution in [0, 0.1) is 11.8 Å². The van der Waals surface area contributed by atoms with Crippen LogP contribution in [-0.4, -0.2) is 73.4 Å². The van der Waals surface area contributed by atoms with Crippen molar-refractivity contribution < 1.29 is 24.6 Å². The topological polar surface area (TPSA) is 110 Å². The Labute approximate surface area is 174 Å². The minimum Gasteiger partial charge on any atom is -0.477 e. The van der Waals surface area contributed by atoms with Gasteiger partial charge in [0, 0.05) is 22.6 Å². The fourth-order valence-corrected chi connectivity index (χ4v) is 7.20. The highest BCUT2D eigenvalue weighted by atomic mass is 32.2. The number of aliphatic hydroxyl groups is 1. The molecule has 3 N–H and O–H groups in total. The van der Waals surface area contributed by atoms with Gasteiger partial charge in [0.2, 0.25) is 11.8 Å². The van der Waals surface area contributed by atoms with Gasteiger partial charge in [-0.15, -0.1) is 11.8 Å². The van der Waals surface area contributed by atoms with Crippen LogP contribution in [-0.2, 0) is 14.4 Å². The van der Waals surface area contributed by atoms with Gasteiger partial charge in [-0.1, -0.05) is 20.8 Å². The predicted octanol–water partition coefficient (Wildman–Crippen LogP) is 0.962. The van der Waals surface area contributed by atoms with Gasteiger partial charge in [0.15, 0.2) is 0 Å². The fourth-order valence-electron chi connectivity index (χ4n) is 5.68. The molecule has 0 bridgehead atoms. The van der Waals surface area contributed by atoms with Crippen LogP contribution in [0.15, 0.2) is 10.6 Å². The monoisotopic (exact) mass is 423 g/mol. The number of carbonyl (C=O) groups excluding carboxylic acids is 2. The second-order valence-corrected chi connectivity index (χ2v) is 9.99. The molecule has 9 heteroatoms. The maximum Gasteiger partial charge on any atom is 0.353 e. The number of hydrogen-bond acceptors (Lipinski definition) is 6. The van der Waals surface area contributed by atoms with E-state index in [4.69, 9.17) is 0 Å². The second kappa shape index (κ2) is 6.99. The van der Waals surface area contributed by atoms with E-state index >= 15 is 0 Å². The van der Waals surface area contributed by atoms with Gasteiger partial charge in [-0.2, -0.15) is 0 Å². The average molecular weight is 424 g/mol. The Bertz CT molecular complexity index is 793. The first-order chi connectivity index (χ1) is 13.7. The van der Waals surface area contributed by atoms with Gasteiger partial charge >= 0.3 is 5.97 Å². The van der Waals surface area contributed by atoms with Crippen molar-refractivity contribution >= 4 is 29.5 Å². The molecule has 2 unspecified atom stereocenters. The Balaban J connectivity index is 1.58. The van der Waals surface area contributed by atoms with Gasteiger partial charge in [-0.05, 0) is 26.2 Å². The molecular formula is C20H29N3O5S. The quantitative estimate of drug-likeness (QED) is 0.546. The van der Waals surface area contributed by atoms with E-state index in [1.54, 1.807) is 6.92 Å². The number of carbonyl (C=O) groups is 3. The molecule has 2 amide bonds. The average Bonchev–Trinajstić information content (AvgIpc) is 3.26. The van der Waals surface area contributed by atoms with Gasteiger partial charge in [0.25, 0.3) is 0 Å². The summed E-state index contributed by atoms with van der Waals surface area (Å²) < 4.78 is 0. The molecule has 0 aromatic rings. The second-order valence-electron chi connectivity index (χ2n) is 8.64. The lowest BCUT2D eigenvalue weighted by atomic mass is 9.79. The van der Waals surface area contributed by atoms with Crippen molar-refractivity contribution in [1.29, 1.82) is 0 Å². The molecular weight excluding hydrogens is 394 g/mol. The molecule has 160 valence electrons. The SMILES string of the molecule is CCC1(CC)NC(=O)[C@@H]2CC(SC3=C(C(=O)O)N4C(=O)[C@H](C(C)O)[C@H]4[C@H]3C)CN21. The Morgan fingerprint density at radius 1 is 1.34 bits per heavy atom. The number of rotatable bonds is 6. The maximum absolute atomic E-state index is 12.5. The zero-order valence-electron chi connectivity index (χ0n) is 17.2. The van der Waals surface area contributed by atoms with Gasteiger partial charge in [0.1, 0.15) is 5.70 Å². The Morgan fingerprint density at radius 3 is 2.55 bits per heavy atom. The van der Waals surface area contributed by atoms with Crippen LogP contribution < -0.4 is 5.32 Å². The summed E-state index contributed by atoms with van der Waals surface area (Å²) in [5, 5.41) is 23.0. The molecule has 4 heterocycles. The molecule has 0 saturated carbocycles.